The molecule has 0 spiro atoms. The van der Waals surface area contributed by atoms with E-state index in [1.54, 1.807) is 0 Å². The fourth-order valence-corrected chi connectivity index (χ4v) is 8.89. The Morgan fingerprint density at radius 2 is 0.889 bits per heavy atom. The van der Waals surface area contributed by atoms with Gasteiger partial charge in [0.15, 0.2) is 0 Å². The van der Waals surface area contributed by atoms with Gasteiger partial charge in [0, 0.05) is 60.0 Å². The minimum Gasteiger partial charge on any atom is -0.340 e. The van der Waals surface area contributed by atoms with Crippen LogP contribution in [-0.4, -0.2) is 4.57 Å². The Morgan fingerprint density at radius 1 is 0.481 bits per heavy atom. The van der Waals surface area contributed by atoms with Crippen molar-refractivity contribution in [1.29, 1.82) is 0 Å². The van der Waals surface area contributed by atoms with Gasteiger partial charge in [0.2, 0.25) is 0 Å². The normalized spacial score (nSPS) is 11.5. The van der Waals surface area contributed by atoms with Crippen molar-refractivity contribution < 1.29 is 0 Å². The number of aryl methyl sites for hydroxylation is 7. The number of hydrogen-bond acceptors (Lipinski definition) is 2. The van der Waals surface area contributed by atoms with Crippen molar-refractivity contribution in [3.05, 3.63) is 152 Å². The molecule has 0 unspecified atom stereocenters. The van der Waals surface area contributed by atoms with Gasteiger partial charge in [0.25, 0.3) is 0 Å². The molecular formula is C49H51Br2N3. The molecule has 0 fully saturated rings. The van der Waals surface area contributed by atoms with Gasteiger partial charge in [-0.1, -0.05) is 88.4 Å². The summed E-state index contributed by atoms with van der Waals surface area (Å²) < 4.78 is 4.68. The number of rotatable bonds is 12. The molecule has 0 N–H and O–H groups in total. The van der Waals surface area contributed by atoms with E-state index >= 15 is 0 Å². The highest BCUT2D eigenvalue weighted by Crippen LogP contribution is 2.45. The summed E-state index contributed by atoms with van der Waals surface area (Å²) in [6, 6.07) is 41.0. The molecule has 0 atom stereocenters. The quantitative estimate of drug-likeness (QED) is 0.121. The Hall–Kier alpha value is -4.32. The third-order valence-corrected chi connectivity index (χ3v) is 11.8. The van der Waals surface area contributed by atoms with Crippen LogP contribution in [0.15, 0.2) is 118 Å². The number of unbranched alkanes of at least 4 members (excludes halogenated alkanes) is 2. The van der Waals surface area contributed by atoms with Gasteiger partial charge in [-0.05, 0) is 167 Å². The molecule has 1 heterocycles. The Kier molecular flexibility index (Phi) is 11.4. The lowest BCUT2D eigenvalue weighted by Gasteiger charge is -2.29. The Balaban J connectivity index is 1.47. The van der Waals surface area contributed by atoms with E-state index in [2.05, 4.69) is 204 Å². The van der Waals surface area contributed by atoms with E-state index in [1.165, 1.54) is 79.4 Å². The van der Waals surface area contributed by atoms with Gasteiger partial charge < -0.3 is 14.4 Å². The van der Waals surface area contributed by atoms with Crippen LogP contribution in [0.3, 0.4) is 0 Å². The molecule has 0 aliphatic heterocycles. The maximum absolute atomic E-state index is 3.69. The monoisotopic (exact) mass is 839 g/mol. The molecule has 3 nitrogen and oxygen atoms in total. The summed E-state index contributed by atoms with van der Waals surface area (Å²) >= 11 is 7.37. The zero-order valence-electron chi connectivity index (χ0n) is 32.7. The maximum Gasteiger partial charge on any atom is 0.0520 e. The third kappa shape index (κ3) is 7.50. The molecule has 276 valence electrons. The van der Waals surface area contributed by atoms with E-state index in [0.717, 1.165) is 57.5 Å². The van der Waals surface area contributed by atoms with Crippen LogP contribution in [0.25, 0.3) is 21.8 Å². The summed E-state index contributed by atoms with van der Waals surface area (Å²) in [7, 11) is 0. The van der Waals surface area contributed by atoms with E-state index in [0.29, 0.717) is 0 Å². The van der Waals surface area contributed by atoms with Gasteiger partial charge in [-0.3, -0.25) is 0 Å². The largest absolute Gasteiger partial charge is 0.340 e. The van der Waals surface area contributed by atoms with Crippen LogP contribution in [0, 0.1) is 34.6 Å². The second-order valence-corrected chi connectivity index (χ2v) is 16.8. The molecule has 0 saturated heterocycles. The van der Waals surface area contributed by atoms with E-state index in [9.17, 15) is 0 Å². The number of fused-ring (bicyclic) bond motifs is 3. The summed E-state index contributed by atoms with van der Waals surface area (Å²) in [6.45, 7) is 16.7. The molecule has 6 aromatic carbocycles. The highest BCUT2D eigenvalue weighted by atomic mass is 79.9. The molecule has 0 amide bonds. The first-order chi connectivity index (χ1) is 26.1. The molecule has 0 aliphatic rings. The van der Waals surface area contributed by atoms with Crippen molar-refractivity contribution in [3.63, 3.8) is 0 Å². The van der Waals surface area contributed by atoms with Crippen LogP contribution in [-0.2, 0) is 13.0 Å². The van der Waals surface area contributed by atoms with E-state index in [4.69, 9.17) is 0 Å². The zero-order valence-corrected chi connectivity index (χ0v) is 35.9. The molecule has 54 heavy (non-hydrogen) atoms. The standard InChI is InChI=1S/C49H51Br2N3/c1-8-10-12-37-28-35(6)49(36(7)29-37)54(41-19-15-39(51)16-20-41)43-22-24-47-45(31-43)44-30-42(21-23-46(44)52(47)25-11-9-2)53(40-17-13-38(50)14-18-40)48-33(4)26-32(3)27-34(48)5/h13-24,26-31H,8-12,25H2,1-7H3. The second-order valence-electron chi connectivity index (χ2n) is 15.0. The maximum atomic E-state index is 3.69. The van der Waals surface area contributed by atoms with Crippen LogP contribution in [0.5, 0.6) is 0 Å². The minimum absolute atomic E-state index is 0.982. The summed E-state index contributed by atoms with van der Waals surface area (Å²) in [5, 5.41) is 2.54. The predicted octanol–water partition coefficient (Wildman–Crippen LogP) is 15.9. The predicted molar refractivity (Wildman–Crippen MR) is 241 cm³/mol. The second kappa shape index (κ2) is 16.2. The summed E-state index contributed by atoms with van der Waals surface area (Å²) in [6.07, 6.45) is 5.79. The van der Waals surface area contributed by atoms with Crippen molar-refractivity contribution in [2.24, 2.45) is 0 Å². The van der Waals surface area contributed by atoms with Gasteiger partial charge in [0.1, 0.15) is 0 Å². The van der Waals surface area contributed by atoms with Gasteiger partial charge in [-0.25, -0.2) is 0 Å². The smallest absolute Gasteiger partial charge is 0.0520 e. The van der Waals surface area contributed by atoms with Crippen LogP contribution < -0.4 is 9.80 Å². The van der Waals surface area contributed by atoms with Crippen molar-refractivity contribution in [2.75, 3.05) is 9.80 Å². The molecule has 7 aromatic rings. The molecule has 0 radical (unpaired) electrons. The van der Waals surface area contributed by atoms with Gasteiger partial charge in [0.05, 0.1) is 11.4 Å². The average Bonchev–Trinajstić information content (AvgIpc) is 3.45. The van der Waals surface area contributed by atoms with Crippen molar-refractivity contribution in [2.45, 2.75) is 87.1 Å². The summed E-state index contributed by atoms with van der Waals surface area (Å²) in [5.74, 6) is 0. The number of halogens is 2. The molecule has 0 bridgehead atoms. The van der Waals surface area contributed by atoms with Gasteiger partial charge in [-0.15, -0.1) is 0 Å². The molecule has 1 aromatic heterocycles. The Labute approximate surface area is 338 Å². The SMILES string of the molecule is CCCCc1cc(C)c(N(c2ccc(Br)cc2)c2ccc3c(c2)c2cc(N(c4ccc(Br)cc4)c4c(C)cc(C)cc4C)ccc2n3CCCC)c(C)c1. The Morgan fingerprint density at radius 3 is 1.31 bits per heavy atom. The number of aromatic nitrogens is 1. The molecule has 5 heteroatoms. The average molecular weight is 842 g/mol. The lowest BCUT2D eigenvalue weighted by Crippen LogP contribution is -2.13. The molecule has 0 saturated carbocycles. The van der Waals surface area contributed by atoms with Crippen molar-refractivity contribution >= 4 is 87.8 Å². The minimum atomic E-state index is 0.982. The first kappa shape index (κ1) is 38.0. The Bertz CT molecular complexity index is 2390. The van der Waals surface area contributed by atoms with E-state index in [-0.39, 0.29) is 0 Å². The van der Waals surface area contributed by atoms with Crippen LogP contribution >= 0.6 is 31.9 Å². The first-order valence-corrected chi connectivity index (χ1v) is 21.0. The first-order valence-electron chi connectivity index (χ1n) is 19.4. The van der Waals surface area contributed by atoms with Crippen LogP contribution in [0.4, 0.5) is 34.1 Å². The number of nitrogens with zero attached hydrogens (tertiary/aromatic N) is 3. The third-order valence-electron chi connectivity index (χ3n) is 10.7. The zero-order chi connectivity index (χ0) is 38.1. The highest BCUT2D eigenvalue weighted by Gasteiger charge is 2.22. The molecule has 7 rings (SSSR count). The lowest BCUT2D eigenvalue weighted by molar-refractivity contribution is 0.665. The van der Waals surface area contributed by atoms with Gasteiger partial charge in [-0.2, -0.15) is 0 Å². The molecular weight excluding hydrogens is 790 g/mol. The highest BCUT2D eigenvalue weighted by molar-refractivity contribution is 9.10. The van der Waals surface area contributed by atoms with E-state index in [1.807, 2.05) is 0 Å². The van der Waals surface area contributed by atoms with Gasteiger partial charge >= 0.3 is 0 Å². The fraction of sp³-hybridized carbons (Fsp3) is 0.265. The van der Waals surface area contributed by atoms with Crippen molar-refractivity contribution in [3.8, 4) is 0 Å². The number of anilines is 6. The topological polar surface area (TPSA) is 11.4 Å². The summed E-state index contributed by atoms with van der Waals surface area (Å²) in [5.41, 5.74) is 17.4. The lowest BCUT2D eigenvalue weighted by atomic mass is 9.98. The number of benzene rings is 6. The summed E-state index contributed by atoms with van der Waals surface area (Å²) in [4.78, 5) is 4.91. The van der Waals surface area contributed by atoms with E-state index < -0.39 is 0 Å². The van der Waals surface area contributed by atoms with Crippen molar-refractivity contribution in [1.82, 2.24) is 4.57 Å². The fourth-order valence-electron chi connectivity index (χ4n) is 8.36. The van der Waals surface area contributed by atoms with Crippen LogP contribution in [0.1, 0.15) is 72.9 Å². The molecule has 0 aliphatic carbocycles. The number of hydrogen-bond donors (Lipinski definition) is 0. The van der Waals surface area contributed by atoms with Crippen LogP contribution in [0.2, 0.25) is 0 Å².